The summed E-state index contributed by atoms with van der Waals surface area (Å²) in [5, 5.41) is 4.04. The fourth-order valence-electron chi connectivity index (χ4n) is 3.34. The van der Waals surface area contributed by atoms with Crippen molar-refractivity contribution in [2.45, 2.75) is 20.5 Å². The number of hydrogen-bond donors (Lipinski definition) is 1. The van der Waals surface area contributed by atoms with Crippen LogP contribution in [0.1, 0.15) is 25.0 Å². The summed E-state index contributed by atoms with van der Waals surface area (Å²) in [6.45, 7) is 5.34. The number of aliphatic imine (C=N–C) groups is 1. The normalized spacial score (nSPS) is 15.3. The van der Waals surface area contributed by atoms with Crippen molar-refractivity contribution >= 4 is 68.8 Å². The number of amidine groups is 1. The molecule has 0 spiro atoms. The number of halogens is 2. The minimum Gasteiger partial charge on any atom is -0.494 e. The molecule has 1 saturated heterocycles. The van der Waals surface area contributed by atoms with Gasteiger partial charge in [0.1, 0.15) is 12.4 Å². The number of carbonyl (C=O) groups excluding carboxylic acids is 1. The first-order valence-electron chi connectivity index (χ1n) is 11.3. The van der Waals surface area contributed by atoms with E-state index in [0.29, 0.717) is 46.4 Å². The van der Waals surface area contributed by atoms with Gasteiger partial charge in [0.05, 0.1) is 27.4 Å². The van der Waals surface area contributed by atoms with Crippen molar-refractivity contribution in [1.82, 2.24) is 5.32 Å². The van der Waals surface area contributed by atoms with Gasteiger partial charge >= 0.3 is 0 Å². The van der Waals surface area contributed by atoms with Gasteiger partial charge in [0.25, 0.3) is 5.91 Å². The molecule has 0 unspecified atom stereocenters. The quantitative estimate of drug-likeness (QED) is 0.199. The number of rotatable bonds is 9. The smallest absolute Gasteiger partial charge is 0.264 e. The van der Waals surface area contributed by atoms with E-state index in [1.807, 2.05) is 80.6 Å². The number of benzene rings is 3. The summed E-state index contributed by atoms with van der Waals surface area (Å²) in [4.78, 5) is 17.7. The van der Waals surface area contributed by atoms with Crippen molar-refractivity contribution in [3.8, 4) is 17.2 Å². The maximum Gasteiger partial charge on any atom is 0.264 e. The van der Waals surface area contributed by atoms with E-state index in [0.717, 1.165) is 26.1 Å². The molecule has 1 aliphatic rings. The summed E-state index contributed by atoms with van der Waals surface area (Å²) >= 11 is 9.49. The summed E-state index contributed by atoms with van der Waals surface area (Å²) in [5.74, 6) is 1.87. The van der Waals surface area contributed by atoms with Crippen LogP contribution in [0.15, 0.2) is 70.6 Å². The Hall–Kier alpha value is -2.69. The number of nitrogens with zero attached hydrogens (tertiary/aromatic N) is 1. The van der Waals surface area contributed by atoms with E-state index in [2.05, 4.69) is 32.9 Å². The summed E-state index contributed by atoms with van der Waals surface area (Å²) in [6.07, 6.45) is 1.83. The topological polar surface area (TPSA) is 69.2 Å². The third-order valence-corrected chi connectivity index (χ3v) is 6.92. The van der Waals surface area contributed by atoms with Crippen molar-refractivity contribution in [1.29, 1.82) is 0 Å². The Morgan fingerprint density at radius 2 is 1.72 bits per heavy atom. The second-order valence-corrected chi connectivity index (χ2v) is 10.2. The minimum atomic E-state index is -0.194. The van der Waals surface area contributed by atoms with E-state index in [-0.39, 0.29) is 5.91 Å². The van der Waals surface area contributed by atoms with Crippen LogP contribution in [0, 0.1) is 3.57 Å². The van der Waals surface area contributed by atoms with Crippen molar-refractivity contribution in [2.24, 2.45) is 4.99 Å². The minimum absolute atomic E-state index is 0.194. The van der Waals surface area contributed by atoms with Crippen LogP contribution in [0.5, 0.6) is 17.2 Å². The van der Waals surface area contributed by atoms with Gasteiger partial charge in [0.15, 0.2) is 16.7 Å². The number of nitrogens with one attached hydrogen (secondary N) is 1. The van der Waals surface area contributed by atoms with Crippen LogP contribution < -0.4 is 19.5 Å². The van der Waals surface area contributed by atoms with Gasteiger partial charge in [-0.15, -0.1) is 0 Å². The molecule has 0 aliphatic carbocycles. The molecule has 0 radical (unpaired) electrons. The molecule has 0 saturated carbocycles. The average molecular weight is 635 g/mol. The third kappa shape index (κ3) is 6.96. The number of carbonyl (C=O) groups is 1. The molecule has 9 heteroatoms. The number of amides is 1. The molecule has 0 bridgehead atoms. The lowest BCUT2D eigenvalue weighted by atomic mass is 10.2. The molecule has 1 aliphatic heterocycles. The molecule has 36 heavy (non-hydrogen) atoms. The summed E-state index contributed by atoms with van der Waals surface area (Å²) in [6, 6.07) is 18.8. The predicted molar refractivity (Wildman–Crippen MR) is 155 cm³/mol. The van der Waals surface area contributed by atoms with E-state index in [4.69, 9.17) is 25.8 Å². The molecule has 1 heterocycles. The highest BCUT2D eigenvalue weighted by Crippen LogP contribution is 2.37. The Morgan fingerprint density at radius 1 is 1.00 bits per heavy atom. The van der Waals surface area contributed by atoms with Gasteiger partial charge in [-0.1, -0.05) is 23.7 Å². The maximum atomic E-state index is 12.6. The van der Waals surface area contributed by atoms with E-state index in [1.165, 1.54) is 11.8 Å². The Morgan fingerprint density at radius 3 is 2.42 bits per heavy atom. The third-order valence-electron chi connectivity index (χ3n) is 4.96. The second kappa shape index (κ2) is 12.5. The Balaban J connectivity index is 1.51. The number of thioether (sulfide) groups is 1. The van der Waals surface area contributed by atoms with E-state index >= 15 is 0 Å². The number of ether oxygens (including phenoxy) is 3. The molecule has 3 aromatic carbocycles. The van der Waals surface area contributed by atoms with Crippen molar-refractivity contribution < 1.29 is 19.0 Å². The zero-order chi connectivity index (χ0) is 25.5. The van der Waals surface area contributed by atoms with Gasteiger partial charge in [-0.25, -0.2) is 4.99 Å². The summed E-state index contributed by atoms with van der Waals surface area (Å²) in [7, 11) is 0. The Bertz CT molecular complexity index is 1290. The molecule has 0 aromatic heterocycles. The first-order chi connectivity index (χ1) is 17.4. The lowest BCUT2D eigenvalue weighted by Crippen LogP contribution is -2.19. The van der Waals surface area contributed by atoms with Crippen LogP contribution >= 0.6 is 46.0 Å². The second-order valence-electron chi connectivity index (χ2n) is 7.59. The highest BCUT2D eigenvalue weighted by atomic mass is 127. The fraction of sp³-hybridized carbons (Fsp3) is 0.185. The van der Waals surface area contributed by atoms with Crippen LogP contribution in [-0.4, -0.2) is 24.3 Å². The molecule has 186 valence electrons. The van der Waals surface area contributed by atoms with Gasteiger partial charge in [0, 0.05) is 5.02 Å². The van der Waals surface area contributed by atoms with Gasteiger partial charge in [0.2, 0.25) is 0 Å². The maximum absolute atomic E-state index is 12.6. The van der Waals surface area contributed by atoms with Crippen molar-refractivity contribution in [3.63, 3.8) is 0 Å². The molecule has 3 aromatic rings. The molecular weight excluding hydrogens is 611 g/mol. The van der Waals surface area contributed by atoms with E-state index in [9.17, 15) is 4.79 Å². The standard InChI is InChI=1S/C27H24ClIN2O4S/c1-3-33-21-11-9-20(10-12-21)30-27-31-26(32)24(36-27)15-18-13-22(29)25(23(14-18)34-4-2)35-16-17-5-7-19(28)8-6-17/h5-15H,3-4,16H2,1-2H3,(H,30,31,32)/b24-15+. The van der Waals surface area contributed by atoms with Crippen LogP contribution in [0.25, 0.3) is 6.08 Å². The molecule has 1 fully saturated rings. The molecule has 0 atom stereocenters. The molecular formula is C27H24ClIN2O4S. The highest BCUT2D eigenvalue weighted by Gasteiger charge is 2.24. The van der Waals surface area contributed by atoms with Crippen molar-refractivity contribution in [3.05, 3.63) is 85.3 Å². The van der Waals surface area contributed by atoms with Gasteiger partial charge in [-0.2, -0.15) is 0 Å². The van der Waals surface area contributed by atoms with Crippen LogP contribution in [-0.2, 0) is 11.4 Å². The van der Waals surface area contributed by atoms with E-state index < -0.39 is 0 Å². The summed E-state index contributed by atoms with van der Waals surface area (Å²) < 4.78 is 18.3. The first kappa shape index (κ1) is 26.4. The average Bonchev–Trinajstić information content (AvgIpc) is 3.19. The van der Waals surface area contributed by atoms with Gasteiger partial charge in [-0.3, -0.25) is 4.79 Å². The van der Waals surface area contributed by atoms with Gasteiger partial charge < -0.3 is 19.5 Å². The fourth-order valence-corrected chi connectivity index (χ4v) is 5.09. The SMILES string of the molecule is CCOc1ccc(N=C2NC(=O)/C(=C\c3cc(I)c(OCc4ccc(Cl)cc4)c(OCC)c3)S2)cc1. The largest absolute Gasteiger partial charge is 0.494 e. The molecule has 1 N–H and O–H groups in total. The van der Waals surface area contributed by atoms with Crippen LogP contribution in [0.4, 0.5) is 5.69 Å². The lowest BCUT2D eigenvalue weighted by molar-refractivity contribution is -0.115. The molecule has 6 nitrogen and oxygen atoms in total. The van der Waals surface area contributed by atoms with Crippen LogP contribution in [0.3, 0.4) is 0 Å². The predicted octanol–water partition coefficient (Wildman–Crippen LogP) is 7.21. The van der Waals surface area contributed by atoms with Crippen molar-refractivity contribution in [2.75, 3.05) is 13.2 Å². The highest BCUT2D eigenvalue weighted by molar-refractivity contribution is 14.1. The van der Waals surface area contributed by atoms with E-state index in [1.54, 1.807) is 0 Å². The zero-order valence-electron chi connectivity index (χ0n) is 19.7. The van der Waals surface area contributed by atoms with Crippen LogP contribution in [0.2, 0.25) is 5.02 Å². The first-order valence-corrected chi connectivity index (χ1v) is 13.6. The molecule has 4 rings (SSSR count). The Labute approximate surface area is 233 Å². The summed E-state index contributed by atoms with van der Waals surface area (Å²) in [5.41, 5.74) is 2.57. The monoisotopic (exact) mass is 634 g/mol. The lowest BCUT2D eigenvalue weighted by Gasteiger charge is -2.15. The number of hydrogen-bond acceptors (Lipinski definition) is 6. The van der Waals surface area contributed by atoms with Gasteiger partial charge in [-0.05, 0) is 114 Å². The Kier molecular flexibility index (Phi) is 9.17. The zero-order valence-corrected chi connectivity index (χ0v) is 23.4. The molecule has 1 amide bonds.